The van der Waals surface area contributed by atoms with E-state index in [-0.39, 0.29) is 0 Å². The molecule has 2 heteroatoms. The molecule has 68 valence electrons. The topological polar surface area (TPSA) is 12.0 Å². The first-order valence-electron chi connectivity index (χ1n) is 4.93. The lowest BCUT2D eigenvalue weighted by molar-refractivity contribution is 0.485. The molecule has 0 spiro atoms. The van der Waals surface area contributed by atoms with Gasteiger partial charge in [-0.25, -0.2) is 0 Å². The highest BCUT2D eigenvalue weighted by Gasteiger charge is 2.16. The molecule has 1 heterocycles. The van der Waals surface area contributed by atoms with Crippen molar-refractivity contribution in [3.05, 3.63) is 12.2 Å². The van der Waals surface area contributed by atoms with E-state index in [0.717, 1.165) is 5.92 Å². The Bertz CT molecular complexity index is 161. The van der Waals surface area contributed by atoms with Gasteiger partial charge in [-0.3, -0.25) is 0 Å². The molecule has 0 saturated carbocycles. The first kappa shape index (κ1) is 8.64. The van der Waals surface area contributed by atoms with Crippen LogP contribution in [0.3, 0.4) is 0 Å². The van der Waals surface area contributed by atoms with Gasteiger partial charge < -0.3 is 5.32 Å². The number of rotatable bonds is 3. The quantitative estimate of drug-likeness (QED) is 0.672. The maximum Gasteiger partial charge on any atom is 0.0253 e. The minimum absolute atomic E-state index is 0.690. The third-order valence-corrected chi connectivity index (χ3v) is 3.94. The molecular weight excluding hydrogens is 166 g/mol. The van der Waals surface area contributed by atoms with Crippen LogP contribution in [0.1, 0.15) is 19.3 Å². The molecule has 0 aromatic carbocycles. The second kappa shape index (κ2) is 4.33. The summed E-state index contributed by atoms with van der Waals surface area (Å²) >= 11 is 2.11. The van der Waals surface area contributed by atoms with E-state index < -0.39 is 0 Å². The van der Waals surface area contributed by atoms with Crippen molar-refractivity contribution < 1.29 is 0 Å². The molecule has 1 fully saturated rings. The van der Waals surface area contributed by atoms with E-state index in [4.69, 9.17) is 0 Å². The molecule has 0 radical (unpaired) electrons. The fraction of sp³-hybridized carbons (Fsp3) is 0.800. The van der Waals surface area contributed by atoms with Crippen molar-refractivity contribution in [1.82, 2.24) is 5.32 Å². The molecule has 0 aromatic heterocycles. The van der Waals surface area contributed by atoms with E-state index in [0.29, 0.717) is 6.04 Å². The molecule has 2 aliphatic rings. The Morgan fingerprint density at radius 3 is 3.08 bits per heavy atom. The van der Waals surface area contributed by atoms with E-state index in [1.54, 1.807) is 0 Å². The van der Waals surface area contributed by atoms with E-state index in [1.807, 2.05) is 0 Å². The highest BCUT2D eigenvalue weighted by Crippen LogP contribution is 2.23. The SMILES string of the molecule is C1=CC(NCC2CCSC2)CC1. The Hall–Kier alpha value is 0.0500. The van der Waals surface area contributed by atoms with E-state index >= 15 is 0 Å². The predicted octanol–water partition coefficient (Wildman–Crippen LogP) is 2.05. The van der Waals surface area contributed by atoms with Gasteiger partial charge in [0.1, 0.15) is 0 Å². The molecule has 1 nitrogen and oxygen atoms in total. The van der Waals surface area contributed by atoms with Crippen molar-refractivity contribution in [2.45, 2.75) is 25.3 Å². The van der Waals surface area contributed by atoms with Gasteiger partial charge in [-0.2, -0.15) is 11.8 Å². The third kappa shape index (κ3) is 2.27. The van der Waals surface area contributed by atoms with Crippen LogP contribution in [0.4, 0.5) is 0 Å². The molecule has 1 aliphatic heterocycles. The van der Waals surface area contributed by atoms with Crippen LogP contribution in [0.15, 0.2) is 12.2 Å². The zero-order valence-electron chi connectivity index (χ0n) is 7.46. The van der Waals surface area contributed by atoms with Crippen LogP contribution < -0.4 is 5.32 Å². The minimum Gasteiger partial charge on any atom is -0.310 e. The number of nitrogens with one attached hydrogen (secondary N) is 1. The van der Waals surface area contributed by atoms with Crippen molar-refractivity contribution in [3.8, 4) is 0 Å². The minimum atomic E-state index is 0.690. The highest BCUT2D eigenvalue weighted by atomic mass is 32.2. The first-order valence-corrected chi connectivity index (χ1v) is 6.08. The zero-order chi connectivity index (χ0) is 8.23. The van der Waals surface area contributed by atoms with E-state index in [2.05, 4.69) is 29.2 Å². The van der Waals surface area contributed by atoms with Gasteiger partial charge in [0, 0.05) is 6.04 Å². The Balaban J connectivity index is 1.63. The molecule has 0 amide bonds. The van der Waals surface area contributed by atoms with Crippen LogP contribution in [-0.2, 0) is 0 Å². The maximum atomic E-state index is 3.62. The molecular formula is C10H17NS. The smallest absolute Gasteiger partial charge is 0.0253 e. The number of thioether (sulfide) groups is 1. The first-order chi connectivity index (χ1) is 5.95. The van der Waals surface area contributed by atoms with Gasteiger partial charge in [-0.15, -0.1) is 0 Å². The van der Waals surface area contributed by atoms with Gasteiger partial charge >= 0.3 is 0 Å². The number of hydrogen-bond acceptors (Lipinski definition) is 2. The van der Waals surface area contributed by atoms with Crippen LogP contribution in [0.25, 0.3) is 0 Å². The largest absolute Gasteiger partial charge is 0.310 e. The monoisotopic (exact) mass is 183 g/mol. The molecule has 2 rings (SSSR count). The summed E-state index contributed by atoms with van der Waals surface area (Å²) in [5.74, 6) is 3.71. The third-order valence-electron chi connectivity index (χ3n) is 2.71. The summed E-state index contributed by atoms with van der Waals surface area (Å²) in [6.45, 7) is 1.24. The maximum absolute atomic E-state index is 3.62. The number of hydrogen-bond donors (Lipinski definition) is 1. The lowest BCUT2D eigenvalue weighted by Gasteiger charge is -2.13. The average molecular weight is 183 g/mol. The van der Waals surface area contributed by atoms with Crippen molar-refractivity contribution in [1.29, 1.82) is 0 Å². The van der Waals surface area contributed by atoms with Gasteiger partial charge in [-0.1, -0.05) is 12.2 Å². The summed E-state index contributed by atoms with van der Waals surface area (Å²) in [6, 6.07) is 0.690. The molecule has 12 heavy (non-hydrogen) atoms. The van der Waals surface area contributed by atoms with Crippen molar-refractivity contribution in [3.63, 3.8) is 0 Å². The summed E-state index contributed by atoms with van der Waals surface area (Å²) in [6.07, 6.45) is 8.63. The molecule has 0 bridgehead atoms. The molecule has 1 aliphatic carbocycles. The Morgan fingerprint density at radius 2 is 2.42 bits per heavy atom. The van der Waals surface area contributed by atoms with E-state index in [1.165, 1.54) is 37.3 Å². The zero-order valence-corrected chi connectivity index (χ0v) is 8.28. The molecule has 2 unspecified atom stereocenters. The molecule has 1 N–H and O–H groups in total. The summed E-state index contributed by atoms with van der Waals surface area (Å²) in [4.78, 5) is 0. The van der Waals surface area contributed by atoms with Gasteiger partial charge in [0.25, 0.3) is 0 Å². The second-order valence-electron chi connectivity index (χ2n) is 3.75. The summed E-state index contributed by atoms with van der Waals surface area (Å²) in [5.41, 5.74) is 0. The summed E-state index contributed by atoms with van der Waals surface area (Å²) in [5, 5.41) is 3.62. The van der Waals surface area contributed by atoms with Crippen LogP contribution in [0.2, 0.25) is 0 Å². The van der Waals surface area contributed by atoms with Crippen LogP contribution in [-0.4, -0.2) is 24.1 Å². The lowest BCUT2D eigenvalue weighted by Crippen LogP contribution is -2.30. The molecule has 2 atom stereocenters. The van der Waals surface area contributed by atoms with Gasteiger partial charge in [-0.05, 0) is 43.2 Å². The fourth-order valence-electron chi connectivity index (χ4n) is 1.86. The van der Waals surface area contributed by atoms with Crippen LogP contribution >= 0.6 is 11.8 Å². The summed E-state index contributed by atoms with van der Waals surface area (Å²) in [7, 11) is 0. The lowest BCUT2D eigenvalue weighted by atomic mass is 10.1. The normalized spacial score (nSPS) is 34.7. The van der Waals surface area contributed by atoms with Crippen LogP contribution in [0.5, 0.6) is 0 Å². The Kier molecular flexibility index (Phi) is 3.12. The van der Waals surface area contributed by atoms with Gasteiger partial charge in [0.2, 0.25) is 0 Å². The molecule has 1 saturated heterocycles. The Morgan fingerprint density at radius 1 is 1.42 bits per heavy atom. The van der Waals surface area contributed by atoms with E-state index in [9.17, 15) is 0 Å². The van der Waals surface area contributed by atoms with Crippen molar-refractivity contribution in [2.75, 3.05) is 18.1 Å². The highest BCUT2D eigenvalue weighted by molar-refractivity contribution is 7.99. The number of allylic oxidation sites excluding steroid dienone is 1. The Labute approximate surface area is 79.0 Å². The van der Waals surface area contributed by atoms with Crippen molar-refractivity contribution >= 4 is 11.8 Å². The second-order valence-corrected chi connectivity index (χ2v) is 4.90. The summed E-state index contributed by atoms with van der Waals surface area (Å²) < 4.78 is 0. The molecule has 0 aromatic rings. The average Bonchev–Trinajstić information content (AvgIpc) is 2.74. The van der Waals surface area contributed by atoms with Crippen LogP contribution in [0, 0.1) is 5.92 Å². The van der Waals surface area contributed by atoms with Crippen molar-refractivity contribution in [2.24, 2.45) is 5.92 Å². The fourth-order valence-corrected chi connectivity index (χ4v) is 3.15. The standard InChI is InChI=1S/C10H17NS/c1-2-4-10(3-1)11-7-9-5-6-12-8-9/h1,3,9-11H,2,4-8H2. The predicted molar refractivity (Wildman–Crippen MR) is 55.6 cm³/mol. The van der Waals surface area contributed by atoms with Gasteiger partial charge in [0.15, 0.2) is 0 Å². The van der Waals surface area contributed by atoms with Gasteiger partial charge in [0.05, 0.1) is 0 Å².